The largest absolute Gasteiger partial charge is 0.494 e. The quantitative estimate of drug-likeness (QED) is 0.584. The summed E-state index contributed by atoms with van der Waals surface area (Å²) >= 11 is 0. The van der Waals surface area contributed by atoms with Crippen LogP contribution in [0.5, 0.6) is 11.5 Å². The van der Waals surface area contributed by atoms with Crippen LogP contribution in [0.3, 0.4) is 0 Å². The molecule has 0 saturated carbocycles. The number of carbonyl (C=O) groups excluding carboxylic acids is 1. The van der Waals surface area contributed by atoms with Crippen LogP contribution in [0, 0.1) is 11.6 Å². The Balaban J connectivity index is 3.33. The maximum absolute atomic E-state index is 13.6. The summed E-state index contributed by atoms with van der Waals surface area (Å²) in [4.78, 5) is 13.1. The number of hydrogen-bond donors (Lipinski definition) is 0. The monoisotopic (exact) mass is 229 g/mol. The average Bonchev–Trinajstić information content (AvgIpc) is 2.29. The molecule has 1 aromatic carbocycles. The van der Waals surface area contributed by atoms with Gasteiger partial charge in [-0.2, -0.15) is 4.39 Å². The summed E-state index contributed by atoms with van der Waals surface area (Å²) < 4.78 is 36.3. The van der Waals surface area contributed by atoms with E-state index in [1.54, 1.807) is 0 Å². The van der Waals surface area contributed by atoms with E-state index in [1.165, 1.54) is 13.2 Å². The summed E-state index contributed by atoms with van der Waals surface area (Å²) in [7, 11) is 2.37. The second-order valence-corrected chi connectivity index (χ2v) is 2.81. The predicted octanol–water partition coefficient (Wildman–Crippen LogP) is 1.82. The molecule has 0 N–H and O–H groups in total. The SMILES string of the molecule is COc1cc(CN=C=O)c(F)c(OC)c1F. The Hall–Kier alpha value is -1.94. The van der Waals surface area contributed by atoms with Gasteiger partial charge in [-0.1, -0.05) is 0 Å². The van der Waals surface area contributed by atoms with Gasteiger partial charge < -0.3 is 9.47 Å². The Kier molecular flexibility index (Phi) is 3.96. The average molecular weight is 229 g/mol. The standard InChI is InChI=1S/C10H9F2NO3/c1-15-7-3-6(4-13-5-14)8(11)10(16-2)9(7)12/h3H,4H2,1-2H3. The van der Waals surface area contributed by atoms with Crippen molar-refractivity contribution < 1.29 is 23.0 Å². The van der Waals surface area contributed by atoms with Gasteiger partial charge >= 0.3 is 0 Å². The second-order valence-electron chi connectivity index (χ2n) is 2.81. The van der Waals surface area contributed by atoms with Crippen molar-refractivity contribution in [1.82, 2.24) is 0 Å². The fourth-order valence-corrected chi connectivity index (χ4v) is 1.20. The van der Waals surface area contributed by atoms with Gasteiger partial charge in [-0.15, -0.1) is 0 Å². The topological polar surface area (TPSA) is 47.9 Å². The summed E-state index contributed by atoms with van der Waals surface area (Å²) in [6, 6.07) is 1.12. The number of rotatable bonds is 4. The zero-order valence-corrected chi connectivity index (χ0v) is 8.71. The Morgan fingerprint density at radius 3 is 2.50 bits per heavy atom. The molecule has 6 heteroatoms. The number of nitrogens with zero attached hydrogens (tertiary/aromatic N) is 1. The zero-order chi connectivity index (χ0) is 12.1. The van der Waals surface area contributed by atoms with E-state index in [-0.39, 0.29) is 17.9 Å². The number of isocyanates is 1. The van der Waals surface area contributed by atoms with Crippen molar-refractivity contribution in [2.45, 2.75) is 6.54 Å². The molecule has 16 heavy (non-hydrogen) atoms. The van der Waals surface area contributed by atoms with Gasteiger partial charge in [0.15, 0.2) is 17.3 Å². The molecule has 0 fully saturated rings. The van der Waals surface area contributed by atoms with Crippen LogP contribution in [0.25, 0.3) is 0 Å². The lowest BCUT2D eigenvalue weighted by molar-refractivity contribution is 0.331. The lowest BCUT2D eigenvalue weighted by atomic mass is 10.1. The number of benzene rings is 1. The lowest BCUT2D eigenvalue weighted by Crippen LogP contribution is -2.01. The van der Waals surface area contributed by atoms with E-state index in [0.29, 0.717) is 0 Å². The maximum Gasteiger partial charge on any atom is 0.235 e. The molecule has 0 bridgehead atoms. The lowest BCUT2D eigenvalue weighted by Gasteiger charge is -2.10. The Morgan fingerprint density at radius 1 is 1.31 bits per heavy atom. The van der Waals surface area contributed by atoms with Crippen LogP contribution < -0.4 is 9.47 Å². The van der Waals surface area contributed by atoms with Crippen molar-refractivity contribution in [2.75, 3.05) is 14.2 Å². The molecule has 0 amide bonds. The van der Waals surface area contributed by atoms with Crippen LogP contribution >= 0.6 is 0 Å². The first-order chi connectivity index (χ1) is 7.65. The number of halogens is 2. The third-order valence-corrected chi connectivity index (χ3v) is 1.94. The van der Waals surface area contributed by atoms with Crippen LogP contribution in [0.4, 0.5) is 8.78 Å². The summed E-state index contributed by atoms with van der Waals surface area (Å²) in [6.45, 7) is -0.248. The molecule has 1 rings (SSSR count). The van der Waals surface area contributed by atoms with E-state index in [1.807, 2.05) is 0 Å². The van der Waals surface area contributed by atoms with Crippen molar-refractivity contribution in [2.24, 2.45) is 4.99 Å². The molecular formula is C10H9F2NO3. The van der Waals surface area contributed by atoms with Crippen molar-refractivity contribution in [3.05, 3.63) is 23.3 Å². The highest BCUT2D eigenvalue weighted by Crippen LogP contribution is 2.32. The van der Waals surface area contributed by atoms with Gasteiger partial charge in [-0.25, -0.2) is 14.2 Å². The number of ether oxygens (including phenoxy) is 2. The van der Waals surface area contributed by atoms with Gasteiger partial charge in [0.05, 0.1) is 20.8 Å². The van der Waals surface area contributed by atoms with Crippen molar-refractivity contribution in [1.29, 1.82) is 0 Å². The van der Waals surface area contributed by atoms with E-state index in [2.05, 4.69) is 9.73 Å². The van der Waals surface area contributed by atoms with Crippen LogP contribution in [0.1, 0.15) is 5.56 Å². The van der Waals surface area contributed by atoms with Crippen LogP contribution in [0.2, 0.25) is 0 Å². The molecule has 86 valence electrons. The molecule has 0 spiro atoms. The first kappa shape index (κ1) is 12.1. The highest BCUT2D eigenvalue weighted by Gasteiger charge is 2.19. The number of hydrogen-bond acceptors (Lipinski definition) is 4. The van der Waals surface area contributed by atoms with Gasteiger partial charge in [-0.3, -0.25) is 0 Å². The predicted molar refractivity (Wildman–Crippen MR) is 51.3 cm³/mol. The fourth-order valence-electron chi connectivity index (χ4n) is 1.20. The molecule has 0 unspecified atom stereocenters. The van der Waals surface area contributed by atoms with E-state index < -0.39 is 17.4 Å². The normalized spacial score (nSPS) is 9.50. The minimum Gasteiger partial charge on any atom is -0.494 e. The van der Waals surface area contributed by atoms with Crippen molar-refractivity contribution >= 4 is 6.08 Å². The fraction of sp³-hybridized carbons (Fsp3) is 0.300. The van der Waals surface area contributed by atoms with E-state index in [4.69, 9.17) is 4.74 Å². The molecule has 0 aromatic heterocycles. The number of methoxy groups -OCH3 is 2. The molecule has 1 aromatic rings. The van der Waals surface area contributed by atoms with Gasteiger partial charge in [-0.05, 0) is 6.07 Å². The van der Waals surface area contributed by atoms with Gasteiger partial charge in [0.2, 0.25) is 11.9 Å². The minimum atomic E-state index is -0.929. The summed E-state index contributed by atoms with van der Waals surface area (Å²) in [5, 5.41) is 0. The second kappa shape index (κ2) is 5.23. The van der Waals surface area contributed by atoms with Crippen LogP contribution in [-0.4, -0.2) is 20.3 Å². The molecule has 0 saturated heterocycles. The van der Waals surface area contributed by atoms with E-state index >= 15 is 0 Å². The van der Waals surface area contributed by atoms with Gasteiger partial charge in [0.1, 0.15) is 0 Å². The molecule has 0 aliphatic carbocycles. The van der Waals surface area contributed by atoms with Crippen LogP contribution in [-0.2, 0) is 11.3 Å². The first-order valence-electron chi connectivity index (χ1n) is 4.28. The summed E-state index contributed by atoms with van der Waals surface area (Å²) in [5.41, 5.74) is -0.00144. The third kappa shape index (κ3) is 2.17. The molecule has 0 aliphatic rings. The van der Waals surface area contributed by atoms with E-state index in [0.717, 1.165) is 13.2 Å². The smallest absolute Gasteiger partial charge is 0.235 e. The molecular weight excluding hydrogens is 220 g/mol. The molecule has 0 atom stereocenters. The highest BCUT2D eigenvalue weighted by atomic mass is 19.1. The summed E-state index contributed by atoms with van der Waals surface area (Å²) in [5.74, 6) is -2.56. The molecule has 0 heterocycles. The number of aliphatic imine (C=N–C) groups is 1. The highest BCUT2D eigenvalue weighted by molar-refractivity contribution is 5.43. The van der Waals surface area contributed by atoms with Crippen LogP contribution in [0.15, 0.2) is 11.1 Å². The third-order valence-electron chi connectivity index (χ3n) is 1.94. The Labute approximate surface area is 90.5 Å². The molecule has 4 nitrogen and oxygen atoms in total. The van der Waals surface area contributed by atoms with Gasteiger partial charge in [0, 0.05) is 5.56 Å². The summed E-state index contributed by atoms with van der Waals surface area (Å²) in [6.07, 6.45) is 1.27. The zero-order valence-electron chi connectivity index (χ0n) is 8.71. The minimum absolute atomic E-state index is 0.00144. The Morgan fingerprint density at radius 2 is 2.00 bits per heavy atom. The molecule has 0 aliphatic heterocycles. The maximum atomic E-state index is 13.6. The first-order valence-corrected chi connectivity index (χ1v) is 4.28. The van der Waals surface area contributed by atoms with Crippen molar-refractivity contribution in [3.63, 3.8) is 0 Å². The molecule has 0 radical (unpaired) electrons. The van der Waals surface area contributed by atoms with Gasteiger partial charge in [0.25, 0.3) is 0 Å². The Bertz CT molecular complexity index is 442. The van der Waals surface area contributed by atoms with E-state index in [9.17, 15) is 13.6 Å². The van der Waals surface area contributed by atoms with Crippen molar-refractivity contribution in [3.8, 4) is 11.5 Å².